The average molecular weight is 785 g/mol. The third-order valence-corrected chi connectivity index (χ3v) is 7.97. The van der Waals surface area contributed by atoms with Gasteiger partial charge in [-0.25, -0.2) is 0 Å². The molecule has 0 aliphatic rings. The molecule has 54 heavy (non-hydrogen) atoms. The fraction of sp³-hybridized carbons (Fsp3) is 0.947. The van der Waals surface area contributed by atoms with E-state index in [1.807, 2.05) is 9.80 Å². The second kappa shape index (κ2) is 44.2. The Kier molecular flexibility index (Phi) is 42.9. The number of methoxy groups -OCH3 is 4. The Hall–Kier alpha value is -1.54. The molecule has 0 aromatic heterocycles. The maximum atomic E-state index is 13.1. The summed E-state index contributed by atoms with van der Waals surface area (Å²) in [5.41, 5.74) is 0. The topological polar surface area (TPSA) is 151 Å². The van der Waals surface area contributed by atoms with Crippen LogP contribution >= 0.6 is 0 Å². The molecule has 2 amide bonds. The van der Waals surface area contributed by atoms with Gasteiger partial charge in [-0.05, 0) is 12.8 Å². The lowest BCUT2D eigenvalue weighted by Gasteiger charge is -2.23. The summed E-state index contributed by atoms with van der Waals surface area (Å²) in [6, 6.07) is 0. The molecule has 0 rings (SSSR count). The van der Waals surface area contributed by atoms with Gasteiger partial charge in [0, 0.05) is 67.5 Å². The van der Waals surface area contributed by atoms with Crippen molar-refractivity contribution in [1.82, 2.24) is 9.80 Å². The number of carbonyl (C=O) groups excluding carboxylic acids is 2. The summed E-state index contributed by atoms with van der Waals surface area (Å²) in [5, 5.41) is 0. The Morgan fingerprint density at radius 1 is 0.296 bits per heavy atom. The van der Waals surface area contributed by atoms with Gasteiger partial charge in [-0.15, -0.1) is 0 Å². The molecule has 0 aromatic rings. The largest absolute Gasteiger partial charge is 0.382 e. The molecule has 0 aromatic carbocycles. The van der Waals surface area contributed by atoms with Crippen molar-refractivity contribution in [3.8, 4) is 0 Å². The van der Waals surface area contributed by atoms with Crippen LogP contribution in [0.5, 0.6) is 0 Å². The zero-order valence-corrected chi connectivity index (χ0v) is 34.2. The van der Waals surface area contributed by atoms with Gasteiger partial charge in [-0.3, -0.25) is 9.59 Å². The normalized spacial score (nSPS) is 11.4. The highest BCUT2D eigenvalue weighted by atomic mass is 16.6. The molecule has 16 heteroatoms. The van der Waals surface area contributed by atoms with Crippen molar-refractivity contribution >= 4 is 11.8 Å². The van der Waals surface area contributed by atoms with E-state index in [0.29, 0.717) is 171 Å². The van der Waals surface area contributed by atoms with Crippen molar-refractivity contribution in [1.29, 1.82) is 0 Å². The van der Waals surface area contributed by atoms with E-state index < -0.39 is 0 Å². The van der Waals surface area contributed by atoms with Crippen LogP contribution in [0.3, 0.4) is 0 Å². The molecule has 0 atom stereocenters. The molecular formula is C38H76N2O14. The summed E-state index contributed by atoms with van der Waals surface area (Å²) >= 11 is 0. The van der Waals surface area contributed by atoms with Gasteiger partial charge in [0.05, 0.1) is 132 Å². The summed E-state index contributed by atoms with van der Waals surface area (Å²) in [7, 11) is 6.55. The first-order chi connectivity index (χ1) is 26.6. The minimum absolute atomic E-state index is 0.103. The number of hydrogen-bond acceptors (Lipinski definition) is 14. The standard InChI is InChI=1S/C38H76N2O14/c1-43-21-25-51-33-29-47-17-13-39(14-18-48-30-34-52-26-22-44-2)37(41)11-9-7-5-6-8-10-12-38(42)40(15-19-49-31-35-53-27-23-45-3)16-20-50-32-36-54-28-24-46-4/h5-36H2,1-4H3. The number of rotatable bonds is 45. The number of hydrogen-bond donors (Lipinski definition) is 0. The Balaban J connectivity index is 4.43. The van der Waals surface area contributed by atoms with E-state index in [2.05, 4.69) is 0 Å². The number of nitrogens with zero attached hydrogens (tertiary/aromatic N) is 2. The second-order valence-electron chi connectivity index (χ2n) is 12.3. The van der Waals surface area contributed by atoms with E-state index >= 15 is 0 Å². The fourth-order valence-electron chi connectivity index (χ4n) is 4.85. The predicted molar refractivity (Wildman–Crippen MR) is 204 cm³/mol. The molecule has 0 saturated heterocycles. The van der Waals surface area contributed by atoms with Crippen molar-refractivity contribution in [2.24, 2.45) is 0 Å². The van der Waals surface area contributed by atoms with Crippen LogP contribution in [0.15, 0.2) is 0 Å². The first-order valence-corrected chi connectivity index (χ1v) is 19.7. The molecular weight excluding hydrogens is 708 g/mol. The third kappa shape index (κ3) is 37.4. The van der Waals surface area contributed by atoms with Gasteiger partial charge < -0.3 is 66.6 Å². The Morgan fingerprint density at radius 2 is 0.500 bits per heavy atom. The van der Waals surface area contributed by atoms with E-state index in [4.69, 9.17) is 56.8 Å². The van der Waals surface area contributed by atoms with Crippen LogP contribution in [0, 0.1) is 0 Å². The predicted octanol–water partition coefficient (Wildman–Crippen LogP) is 2.48. The highest BCUT2D eigenvalue weighted by Crippen LogP contribution is 2.11. The number of ether oxygens (including phenoxy) is 12. The van der Waals surface area contributed by atoms with Crippen LogP contribution in [-0.4, -0.2) is 208 Å². The third-order valence-electron chi connectivity index (χ3n) is 7.97. The number of amides is 2. The van der Waals surface area contributed by atoms with Gasteiger partial charge in [-0.2, -0.15) is 0 Å². The summed E-state index contributed by atoms with van der Waals surface area (Å²) in [6.45, 7) is 11.8. The van der Waals surface area contributed by atoms with E-state index in [1.54, 1.807) is 28.4 Å². The van der Waals surface area contributed by atoms with Gasteiger partial charge in [0.1, 0.15) is 0 Å². The number of carbonyl (C=O) groups is 2. The Labute approximate surface area is 325 Å². The zero-order chi connectivity index (χ0) is 39.4. The SMILES string of the molecule is COCCOCCOCCN(CCOCCOCCOC)C(=O)CCCCCCCCC(=O)N(CCOCCOCCOC)CCOCCOCCOC. The summed E-state index contributed by atoms with van der Waals surface area (Å²) in [4.78, 5) is 29.8. The lowest BCUT2D eigenvalue weighted by Crippen LogP contribution is -2.37. The van der Waals surface area contributed by atoms with Crippen LogP contribution in [0.1, 0.15) is 51.4 Å². The highest BCUT2D eigenvalue weighted by molar-refractivity contribution is 5.76. The van der Waals surface area contributed by atoms with Gasteiger partial charge in [0.2, 0.25) is 11.8 Å². The van der Waals surface area contributed by atoms with Crippen LogP contribution in [0.25, 0.3) is 0 Å². The number of unbranched alkanes of at least 4 members (excludes halogenated alkanes) is 5. The minimum Gasteiger partial charge on any atom is -0.382 e. The van der Waals surface area contributed by atoms with Gasteiger partial charge in [-0.1, -0.05) is 25.7 Å². The van der Waals surface area contributed by atoms with Crippen molar-refractivity contribution in [2.45, 2.75) is 51.4 Å². The average Bonchev–Trinajstić information content (AvgIpc) is 3.18. The molecule has 0 bridgehead atoms. The van der Waals surface area contributed by atoms with E-state index in [1.165, 1.54) is 0 Å². The molecule has 0 spiro atoms. The molecule has 0 N–H and O–H groups in total. The highest BCUT2D eigenvalue weighted by Gasteiger charge is 2.15. The maximum absolute atomic E-state index is 13.1. The molecule has 0 fully saturated rings. The van der Waals surface area contributed by atoms with Crippen LogP contribution in [0.4, 0.5) is 0 Å². The van der Waals surface area contributed by atoms with E-state index in [-0.39, 0.29) is 11.8 Å². The van der Waals surface area contributed by atoms with Gasteiger partial charge in [0.25, 0.3) is 0 Å². The molecule has 0 aliphatic carbocycles. The van der Waals surface area contributed by atoms with Crippen LogP contribution < -0.4 is 0 Å². The summed E-state index contributed by atoms with van der Waals surface area (Å²) in [5.74, 6) is 0.205. The molecule has 0 unspecified atom stereocenters. The van der Waals surface area contributed by atoms with E-state index in [0.717, 1.165) is 38.5 Å². The molecule has 0 saturated carbocycles. The van der Waals surface area contributed by atoms with Crippen molar-refractivity contribution < 1.29 is 66.4 Å². The fourth-order valence-corrected chi connectivity index (χ4v) is 4.85. The van der Waals surface area contributed by atoms with Crippen LogP contribution in [-0.2, 0) is 66.4 Å². The van der Waals surface area contributed by atoms with Crippen molar-refractivity contribution in [2.75, 3.05) is 187 Å². The Morgan fingerprint density at radius 3 is 0.741 bits per heavy atom. The lowest BCUT2D eigenvalue weighted by molar-refractivity contribution is -0.133. The monoisotopic (exact) mass is 785 g/mol. The first-order valence-electron chi connectivity index (χ1n) is 19.7. The smallest absolute Gasteiger partial charge is 0.222 e. The molecule has 0 radical (unpaired) electrons. The second-order valence-corrected chi connectivity index (χ2v) is 12.3. The van der Waals surface area contributed by atoms with Crippen LogP contribution in [0.2, 0.25) is 0 Å². The van der Waals surface area contributed by atoms with Gasteiger partial charge in [0.15, 0.2) is 0 Å². The quantitative estimate of drug-likeness (QED) is 0.0832. The molecule has 0 heterocycles. The Bertz CT molecular complexity index is 684. The minimum atomic E-state index is 0.103. The molecule has 322 valence electrons. The van der Waals surface area contributed by atoms with Crippen molar-refractivity contribution in [3.63, 3.8) is 0 Å². The summed E-state index contributed by atoms with van der Waals surface area (Å²) < 4.78 is 64.4. The first kappa shape index (κ1) is 52.5. The van der Waals surface area contributed by atoms with E-state index in [9.17, 15) is 9.59 Å². The lowest BCUT2D eigenvalue weighted by atomic mass is 10.1. The van der Waals surface area contributed by atoms with Crippen molar-refractivity contribution in [3.05, 3.63) is 0 Å². The van der Waals surface area contributed by atoms with Gasteiger partial charge >= 0.3 is 0 Å². The molecule has 16 nitrogen and oxygen atoms in total. The zero-order valence-electron chi connectivity index (χ0n) is 34.2. The maximum Gasteiger partial charge on any atom is 0.222 e. The molecule has 0 aliphatic heterocycles. The summed E-state index contributed by atoms with van der Waals surface area (Å²) in [6.07, 6.45) is 6.56.